The van der Waals surface area contributed by atoms with Gasteiger partial charge in [0, 0.05) is 42.6 Å². The Morgan fingerprint density at radius 2 is 1.69 bits per heavy atom. The van der Waals surface area contributed by atoms with E-state index in [9.17, 15) is 4.79 Å². The van der Waals surface area contributed by atoms with E-state index in [1.54, 1.807) is 0 Å². The fraction of sp³-hybridized carbons (Fsp3) is 0.214. The number of benzene rings is 3. The van der Waals surface area contributed by atoms with Crippen LogP contribution in [0.1, 0.15) is 18.5 Å². The van der Waals surface area contributed by atoms with Crippen molar-refractivity contribution in [3.63, 3.8) is 0 Å². The lowest BCUT2D eigenvalue weighted by atomic mass is 9.93. The van der Waals surface area contributed by atoms with Crippen LogP contribution in [-0.4, -0.2) is 46.5 Å². The summed E-state index contributed by atoms with van der Waals surface area (Å²) >= 11 is 6.41. The van der Waals surface area contributed by atoms with Crippen LogP contribution in [0, 0.1) is 0 Å². The highest BCUT2D eigenvalue weighted by atomic mass is 35.5. The second-order valence-electron chi connectivity index (χ2n) is 9.03. The van der Waals surface area contributed by atoms with Crippen molar-refractivity contribution in [2.75, 3.05) is 36.4 Å². The van der Waals surface area contributed by atoms with Gasteiger partial charge in [0.2, 0.25) is 5.95 Å². The quantitative estimate of drug-likeness (QED) is 0.428. The molecule has 0 aliphatic carbocycles. The van der Waals surface area contributed by atoms with Crippen molar-refractivity contribution in [1.82, 2.24) is 14.5 Å². The van der Waals surface area contributed by atoms with E-state index in [1.807, 2.05) is 66.4 Å². The third-order valence-corrected chi connectivity index (χ3v) is 7.15. The number of halogens is 1. The summed E-state index contributed by atoms with van der Waals surface area (Å²) in [5.74, 6) is 0.787. The predicted octanol–water partition coefficient (Wildman–Crippen LogP) is 5.33. The van der Waals surface area contributed by atoms with Gasteiger partial charge in [-0.05, 0) is 48.9 Å². The average molecular weight is 484 g/mol. The molecule has 1 N–H and O–H groups in total. The number of hydrogen-bond donors (Lipinski definition) is 1. The monoisotopic (exact) mass is 483 g/mol. The lowest BCUT2D eigenvalue weighted by Gasteiger charge is -2.39. The number of amides is 1. The molecule has 6 rings (SSSR count). The smallest absolute Gasteiger partial charge is 0.254 e. The Labute approximate surface area is 209 Å². The maximum Gasteiger partial charge on any atom is 0.254 e. The van der Waals surface area contributed by atoms with Crippen LogP contribution in [0.3, 0.4) is 0 Å². The summed E-state index contributed by atoms with van der Waals surface area (Å²) in [6.07, 6.45) is 0. The summed E-state index contributed by atoms with van der Waals surface area (Å²) in [5.41, 5.74) is 5.59. The Hall–Kier alpha value is -3.77. The molecule has 3 aromatic carbocycles. The van der Waals surface area contributed by atoms with Gasteiger partial charge in [-0.25, -0.2) is 4.98 Å². The van der Waals surface area contributed by atoms with Gasteiger partial charge in [0.15, 0.2) is 0 Å². The number of piperazine rings is 1. The van der Waals surface area contributed by atoms with E-state index in [0.29, 0.717) is 18.1 Å². The average Bonchev–Trinajstić information content (AvgIpc) is 3.26. The minimum Gasteiger partial charge on any atom is -0.368 e. The third-order valence-electron chi connectivity index (χ3n) is 6.91. The fourth-order valence-corrected chi connectivity index (χ4v) is 5.41. The first-order valence-electron chi connectivity index (χ1n) is 11.9. The molecule has 1 aromatic heterocycles. The number of nitrogens with zero attached hydrogens (tertiary/aromatic N) is 4. The fourth-order valence-electron chi connectivity index (χ4n) is 5.21. The molecule has 1 atom stereocenters. The van der Waals surface area contributed by atoms with Crippen LogP contribution in [0.25, 0.3) is 11.0 Å². The van der Waals surface area contributed by atoms with Gasteiger partial charge in [0.05, 0.1) is 22.6 Å². The topological polar surface area (TPSA) is 53.4 Å². The van der Waals surface area contributed by atoms with Crippen molar-refractivity contribution in [2.24, 2.45) is 0 Å². The highest BCUT2D eigenvalue weighted by Crippen LogP contribution is 2.40. The molecule has 1 fully saturated rings. The SMILES string of the molecule is CC1=C(C(=O)N2CCN(c3ccccc3)CC2)[C@@H](c2cccc(Cl)c2)n2c(nc3ccccc32)N1. The van der Waals surface area contributed by atoms with Crippen LogP contribution >= 0.6 is 11.6 Å². The Balaban J connectivity index is 1.37. The molecule has 3 heterocycles. The number of anilines is 2. The molecule has 0 saturated carbocycles. The molecule has 176 valence electrons. The number of rotatable bonds is 3. The van der Waals surface area contributed by atoms with Crippen LogP contribution in [0.4, 0.5) is 11.6 Å². The van der Waals surface area contributed by atoms with Crippen molar-refractivity contribution in [3.8, 4) is 0 Å². The number of aromatic nitrogens is 2. The Bertz CT molecular complexity index is 1440. The summed E-state index contributed by atoms with van der Waals surface area (Å²) in [6.45, 7) is 4.91. The van der Waals surface area contributed by atoms with E-state index in [-0.39, 0.29) is 11.9 Å². The summed E-state index contributed by atoms with van der Waals surface area (Å²) in [7, 11) is 0. The zero-order chi connectivity index (χ0) is 23.9. The van der Waals surface area contributed by atoms with Crippen LogP contribution in [0.5, 0.6) is 0 Å². The molecule has 0 radical (unpaired) electrons. The van der Waals surface area contributed by atoms with Gasteiger partial charge in [-0.1, -0.05) is 54.1 Å². The molecule has 0 bridgehead atoms. The van der Waals surface area contributed by atoms with Gasteiger partial charge in [-0.15, -0.1) is 0 Å². The van der Waals surface area contributed by atoms with Crippen molar-refractivity contribution in [3.05, 3.63) is 101 Å². The van der Waals surface area contributed by atoms with Gasteiger partial charge >= 0.3 is 0 Å². The maximum atomic E-state index is 14.1. The van der Waals surface area contributed by atoms with E-state index in [1.165, 1.54) is 5.69 Å². The van der Waals surface area contributed by atoms with Gasteiger partial charge in [0.25, 0.3) is 5.91 Å². The van der Waals surface area contributed by atoms with E-state index in [4.69, 9.17) is 16.6 Å². The molecule has 0 unspecified atom stereocenters. The van der Waals surface area contributed by atoms with Gasteiger partial charge in [0.1, 0.15) is 0 Å². The summed E-state index contributed by atoms with van der Waals surface area (Å²) < 4.78 is 2.13. The molecule has 2 aliphatic rings. The summed E-state index contributed by atoms with van der Waals surface area (Å²) in [4.78, 5) is 23.2. The molecular formula is C28H26ClN5O. The normalized spacial score (nSPS) is 17.9. The lowest BCUT2D eigenvalue weighted by molar-refractivity contribution is -0.127. The number of carbonyl (C=O) groups excluding carboxylic acids is 1. The number of nitrogens with one attached hydrogen (secondary N) is 1. The first-order valence-corrected chi connectivity index (χ1v) is 12.3. The first kappa shape index (κ1) is 21.7. The first-order chi connectivity index (χ1) is 17.1. The molecule has 35 heavy (non-hydrogen) atoms. The zero-order valence-electron chi connectivity index (χ0n) is 19.5. The van der Waals surface area contributed by atoms with Crippen molar-refractivity contribution >= 4 is 40.2 Å². The summed E-state index contributed by atoms with van der Waals surface area (Å²) in [5, 5.41) is 4.06. The van der Waals surface area contributed by atoms with Crippen LogP contribution in [0.2, 0.25) is 5.02 Å². The Morgan fingerprint density at radius 3 is 2.46 bits per heavy atom. The van der Waals surface area contributed by atoms with E-state index in [0.717, 1.165) is 46.9 Å². The highest BCUT2D eigenvalue weighted by molar-refractivity contribution is 6.30. The molecular weight excluding hydrogens is 458 g/mol. The lowest BCUT2D eigenvalue weighted by Crippen LogP contribution is -2.50. The zero-order valence-corrected chi connectivity index (χ0v) is 20.2. The van der Waals surface area contributed by atoms with Gasteiger partial charge in [-0.3, -0.25) is 9.36 Å². The number of para-hydroxylation sites is 3. The van der Waals surface area contributed by atoms with Crippen LogP contribution in [0.15, 0.2) is 90.1 Å². The largest absolute Gasteiger partial charge is 0.368 e. The number of carbonyl (C=O) groups is 1. The number of hydrogen-bond acceptors (Lipinski definition) is 4. The minimum absolute atomic E-state index is 0.0520. The predicted molar refractivity (Wildman–Crippen MR) is 141 cm³/mol. The molecule has 4 aromatic rings. The minimum atomic E-state index is -0.322. The molecule has 1 saturated heterocycles. The third kappa shape index (κ3) is 3.84. The number of allylic oxidation sites excluding steroid dienone is 1. The van der Waals surface area contributed by atoms with Crippen molar-refractivity contribution < 1.29 is 4.79 Å². The molecule has 0 spiro atoms. The number of imidazole rings is 1. The second kappa shape index (κ2) is 8.78. The summed E-state index contributed by atoms with van der Waals surface area (Å²) in [6, 6.07) is 25.9. The molecule has 2 aliphatic heterocycles. The van der Waals surface area contributed by atoms with E-state index < -0.39 is 0 Å². The van der Waals surface area contributed by atoms with Crippen LogP contribution < -0.4 is 10.2 Å². The second-order valence-corrected chi connectivity index (χ2v) is 9.47. The Morgan fingerprint density at radius 1 is 0.943 bits per heavy atom. The van der Waals surface area contributed by atoms with Gasteiger partial charge < -0.3 is 15.1 Å². The van der Waals surface area contributed by atoms with Crippen molar-refractivity contribution in [2.45, 2.75) is 13.0 Å². The highest BCUT2D eigenvalue weighted by Gasteiger charge is 2.36. The van der Waals surface area contributed by atoms with Gasteiger partial charge in [-0.2, -0.15) is 0 Å². The van der Waals surface area contributed by atoms with Crippen LogP contribution in [-0.2, 0) is 4.79 Å². The molecule has 6 nitrogen and oxygen atoms in total. The molecule has 1 amide bonds. The van der Waals surface area contributed by atoms with E-state index in [2.05, 4.69) is 39.0 Å². The number of fused-ring (bicyclic) bond motifs is 3. The van der Waals surface area contributed by atoms with Crippen molar-refractivity contribution in [1.29, 1.82) is 0 Å². The maximum absolute atomic E-state index is 14.1. The Kier molecular flexibility index (Phi) is 5.46. The van der Waals surface area contributed by atoms with E-state index >= 15 is 0 Å². The standard InChI is InChI=1S/C28H26ClN5O/c1-19-25(27(35)33-16-14-32(15-17-33)22-10-3-2-4-11-22)26(20-8-7-9-21(29)18-20)34-24-13-6-5-12-23(24)31-28(34)30-19/h2-13,18,26H,14-17H2,1H3,(H,30,31)/t26-/m1/s1. The molecule has 7 heteroatoms.